The number of nitrogens with zero attached hydrogens (tertiary/aromatic N) is 1. The number of amides is 1. The van der Waals surface area contributed by atoms with Crippen LogP contribution in [-0.4, -0.2) is 41.6 Å². The predicted molar refractivity (Wildman–Crippen MR) is 80.9 cm³/mol. The lowest BCUT2D eigenvalue weighted by Gasteiger charge is -2.34. The molecule has 0 aromatic heterocycles. The first kappa shape index (κ1) is 14.9. The number of piperidine rings is 1. The Labute approximate surface area is 129 Å². The van der Waals surface area contributed by atoms with Gasteiger partial charge < -0.3 is 14.7 Å². The van der Waals surface area contributed by atoms with Crippen LogP contribution in [0.3, 0.4) is 0 Å². The lowest BCUT2D eigenvalue weighted by atomic mass is 9.91. The van der Waals surface area contributed by atoms with E-state index in [2.05, 4.69) is 0 Å². The van der Waals surface area contributed by atoms with Crippen molar-refractivity contribution in [3.05, 3.63) is 29.8 Å². The maximum Gasteiger partial charge on any atom is 0.303 e. The molecule has 1 aromatic rings. The van der Waals surface area contributed by atoms with E-state index in [9.17, 15) is 9.59 Å². The fraction of sp³-hybridized carbons (Fsp3) is 0.529. The number of carboxylic acids is 1. The van der Waals surface area contributed by atoms with E-state index in [4.69, 9.17) is 9.84 Å². The number of hydrogen-bond donors (Lipinski definition) is 1. The first-order valence-electron chi connectivity index (χ1n) is 7.87. The number of benzene rings is 1. The van der Waals surface area contributed by atoms with Crippen molar-refractivity contribution in [2.45, 2.75) is 31.6 Å². The van der Waals surface area contributed by atoms with Crippen molar-refractivity contribution < 1.29 is 19.4 Å². The fourth-order valence-corrected chi connectivity index (χ4v) is 3.42. The van der Waals surface area contributed by atoms with Gasteiger partial charge in [0.05, 0.1) is 0 Å². The number of carbonyl (C=O) groups is 2. The van der Waals surface area contributed by atoms with Crippen molar-refractivity contribution in [3.63, 3.8) is 0 Å². The van der Waals surface area contributed by atoms with Crippen molar-refractivity contribution in [1.82, 2.24) is 4.90 Å². The molecule has 0 aliphatic carbocycles. The number of para-hydroxylation sites is 1. The van der Waals surface area contributed by atoms with Gasteiger partial charge in [0.15, 0.2) is 0 Å². The van der Waals surface area contributed by atoms with Crippen LogP contribution in [0.1, 0.15) is 37.2 Å². The molecule has 2 aliphatic heterocycles. The number of likely N-dealkylation sites (tertiary alicyclic amines) is 1. The van der Waals surface area contributed by atoms with Crippen LogP contribution in [0, 0.1) is 5.92 Å². The summed E-state index contributed by atoms with van der Waals surface area (Å²) in [6, 6.07) is 7.69. The number of rotatable bonds is 4. The molecule has 0 bridgehead atoms. The zero-order valence-electron chi connectivity index (χ0n) is 12.5. The third-order valence-corrected chi connectivity index (χ3v) is 4.60. The molecule has 2 heterocycles. The van der Waals surface area contributed by atoms with E-state index < -0.39 is 5.97 Å². The Morgan fingerprint density at radius 3 is 2.95 bits per heavy atom. The summed E-state index contributed by atoms with van der Waals surface area (Å²) in [7, 11) is 0. The van der Waals surface area contributed by atoms with Gasteiger partial charge in [-0.2, -0.15) is 0 Å². The van der Waals surface area contributed by atoms with E-state index in [1.807, 2.05) is 29.2 Å². The molecule has 1 aromatic carbocycles. The van der Waals surface area contributed by atoms with Crippen LogP contribution in [0.15, 0.2) is 24.3 Å². The Morgan fingerprint density at radius 2 is 2.14 bits per heavy atom. The van der Waals surface area contributed by atoms with Crippen LogP contribution in [0.2, 0.25) is 0 Å². The average molecular weight is 303 g/mol. The Kier molecular flexibility index (Phi) is 4.32. The van der Waals surface area contributed by atoms with E-state index in [-0.39, 0.29) is 18.2 Å². The second-order valence-electron chi connectivity index (χ2n) is 6.13. The molecule has 1 N–H and O–H groups in total. The minimum absolute atomic E-state index is 0.116. The summed E-state index contributed by atoms with van der Waals surface area (Å²) >= 11 is 0. The van der Waals surface area contributed by atoms with Crippen LogP contribution in [0.25, 0.3) is 0 Å². The van der Waals surface area contributed by atoms with Crippen molar-refractivity contribution in [2.24, 2.45) is 5.92 Å². The molecule has 0 saturated carbocycles. The summed E-state index contributed by atoms with van der Waals surface area (Å²) in [5, 5.41) is 8.80. The predicted octanol–water partition coefficient (Wildman–Crippen LogP) is 2.27. The van der Waals surface area contributed by atoms with Gasteiger partial charge >= 0.3 is 5.97 Å². The first-order chi connectivity index (χ1) is 10.6. The average Bonchev–Trinajstić information content (AvgIpc) is 2.96. The van der Waals surface area contributed by atoms with Gasteiger partial charge in [0.25, 0.3) is 0 Å². The highest BCUT2D eigenvalue weighted by Crippen LogP contribution is 2.35. The van der Waals surface area contributed by atoms with Crippen LogP contribution < -0.4 is 4.74 Å². The molecule has 3 rings (SSSR count). The van der Waals surface area contributed by atoms with Gasteiger partial charge in [-0.25, -0.2) is 0 Å². The van der Waals surface area contributed by atoms with Crippen molar-refractivity contribution in [3.8, 4) is 5.75 Å². The Morgan fingerprint density at radius 1 is 1.32 bits per heavy atom. The molecule has 0 spiro atoms. The Hall–Kier alpha value is -2.04. The minimum atomic E-state index is -0.762. The molecular weight excluding hydrogens is 282 g/mol. The molecule has 0 radical (unpaired) electrons. The van der Waals surface area contributed by atoms with E-state index in [1.54, 1.807) is 0 Å². The van der Waals surface area contributed by atoms with Crippen LogP contribution in [-0.2, 0) is 9.59 Å². The van der Waals surface area contributed by atoms with Crippen molar-refractivity contribution in [2.75, 3.05) is 19.7 Å². The van der Waals surface area contributed by atoms with Gasteiger partial charge in [0.1, 0.15) is 18.3 Å². The monoisotopic (exact) mass is 303 g/mol. The highest BCUT2D eigenvalue weighted by atomic mass is 16.5. The summed E-state index contributed by atoms with van der Waals surface area (Å²) in [4.78, 5) is 25.4. The summed E-state index contributed by atoms with van der Waals surface area (Å²) in [5.41, 5.74) is 0.972. The van der Waals surface area contributed by atoms with Crippen LogP contribution in [0.5, 0.6) is 5.75 Å². The zero-order valence-corrected chi connectivity index (χ0v) is 12.5. The molecule has 0 unspecified atom stereocenters. The SMILES string of the molecule is O=C(O)CC[C@@H]1CCCN(C(=O)[C@@H]2COc3ccccc32)C1. The Bertz CT molecular complexity index is 572. The number of carbonyl (C=O) groups excluding carboxylic acids is 1. The molecule has 2 aliphatic rings. The zero-order chi connectivity index (χ0) is 15.5. The van der Waals surface area contributed by atoms with Gasteiger partial charge in [0.2, 0.25) is 5.91 Å². The summed E-state index contributed by atoms with van der Waals surface area (Å²) < 4.78 is 5.60. The fourth-order valence-electron chi connectivity index (χ4n) is 3.42. The molecule has 1 amide bonds. The normalized spacial score (nSPS) is 23.7. The number of carboxylic acid groups (broad SMARTS) is 1. The van der Waals surface area contributed by atoms with E-state index in [0.717, 1.165) is 30.7 Å². The van der Waals surface area contributed by atoms with Gasteiger partial charge in [-0.05, 0) is 31.2 Å². The standard InChI is InChI=1S/C17H21NO4/c19-16(20)8-7-12-4-3-9-18(10-12)17(21)14-11-22-15-6-2-1-5-13(14)15/h1-2,5-6,12,14H,3-4,7-11H2,(H,19,20)/t12-,14+/m0/s1. The smallest absolute Gasteiger partial charge is 0.303 e. The second-order valence-corrected chi connectivity index (χ2v) is 6.13. The lowest BCUT2D eigenvalue weighted by molar-refractivity contribution is -0.137. The van der Waals surface area contributed by atoms with Crippen molar-refractivity contribution >= 4 is 11.9 Å². The maximum atomic E-state index is 12.8. The molecule has 1 saturated heterocycles. The first-order valence-corrected chi connectivity index (χ1v) is 7.87. The summed E-state index contributed by atoms with van der Waals surface area (Å²) in [6.07, 6.45) is 2.79. The molecule has 2 atom stereocenters. The van der Waals surface area contributed by atoms with E-state index in [1.165, 1.54) is 0 Å². The maximum absolute atomic E-state index is 12.8. The largest absolute Gasteiger partial charge is 0.492 e. The third kappa shape index (κ3) is 3.08. The molecule has 22 heavy (non-hydrogen) atoms. The van der Waals surface area contributed by atoms with Gasteiger partial charge in [-0.1, -0.05) is 18.2 Å². The quantitative estimate of drug-likeness (QED) is 0.926. The number of aliphatic carboxylic acids is 1. The van der Waals surface area contributed by atoms with Crippen LogP contribution >= 0.6 is 0 Å². The number of hydrogen-bond acceptors (Lipinski definition) is 3. The number of ether oxygens (including phenoxy) is 1. The summed E-state index contributed by atoms with van der Waals surface area (Å²) in [6.45, 7) is 1.85. The second kappa shape index (κ2) is 6.38. The summed E-state index contributed by atoms with van der Waals surface area (Å²) in [5.74, 6) is 0.243. The highest BCUT2D eigenvalue weighted by molar-refractivity contribution is 5.85. The molecule has 5 heteroatoms. The molecular formula is C17H21NO4. The van der Waals surface area contributed by atoms with Gasteiger partial charge in [-0.15, -0.1) is 0 Å². The van der Waals surface area contributed by atoms with Crippen molar-refractivity contribution in [1.29, 1.82) is 0 Å². The third-order valence-electron chi connectivity index (χ3n) is 4.60. The van der Waals surface area contributed by atoms with E-state index in [0.29, 0.717) is 25.5 Å². The molecule has 5 nitrogen and oxygen atoms in total. The van der Waals surface area contributed by atoms with E-state index >= 15 is 0 Å². The van der Waals surface area contributed by atoms with Gasteiger partial charge in [0, 0.05) is 25.1 Å². The van der Waals surface area contributed by atoms with Gasteiger partial charge in [-0.3, -0.25) is 9.59 Å². The topological polar surface area (TPSA) is 66.8 Å². The molecule has 1 fully saturated rings. The lowest BCUT2D eigenvalue weighted by Crippen LogP contribution is -2.42. The van der Waals surface area contributed by atoms with Crippen LogP contribution in [0.4, 0.5) is 0 Å². The Balaban J connectivity index is 1.64. The number of fused-ring (bicyclic) bond motifs is 1. The minimum Gasteiger partial charge on any atom is -0.492 e. The molecule has 118 valence electrons. The highest BCUT2D eigenvalue weighted by Gasteiger charge is 2.35.